The van der Waals surface area contributed by atoms with Gasteiger partial charge < -0.3 is 23.6 Å². The van der Waals surface area contributed by atoms with Crippen molar-refractivity contribution in [1.29, 1.82) is 5.26 Å². The van der Waals surface area contributed by atoms with E-state index in [1.807, 2.05) is 37.3 Å². The van der Waals surface area contributed by atoms with Gasteiger partial charge in [0.15, 0.2) is 5.76 Å². The van der Waals surface area contributed by atoms with Crippen molar-refractivity contribution in [3.8, 4) is 23.5 Å². The third-order valence-electron chi connectivity index (χ3n) is 4.52. The van der Waals surface area contributed by atoms with E-state index in [9.17, 15) is 5.26 Å². The molecule has 1 saturated heterocycles. The van der Waals surface area contributed by atoms with Gasteiger partial charge in [0.1, 0.15) is 24.2 Å². The van der Waals surface area contributed by atoms with Crippen molar-refractivity contribution in [3.05, 3.63) is 53.4 Å². The second kappa shape index (κ2) is 8.19. The summed E-state index contributed by atoms with van der Waals surface area (Å²) in [7, 11) is 0. The zero-order valence-corrected chi connectivity index (χ0v) is 15.6. The van der Waals surface area contributed by atoms with Gasteiger partial charge in [-0.1, -0.05) is 17.7 Å². The fourth-order valence-electron chi connectivity index (χ4n) is 2.99. The SMILES string of the molecule is Cc1ccc(OCc2ccc(-c3nc(C#N)c(NC[C@@H]4CCCO4)o3)o2)cc1. The molecule has 7 nitrogen and oxygen atoms in total. The maximum atomic E-state index is 9.31. The quantitative estimate of drug-likeness (QED) is 0.654. The molecule has 4 rings (SSSR count). The lowest BCUT2D eigenvalue weighted by atomic mass is 10.2. The third kappa shape index (κ3) is 4.18. The van der Waals surface area contributed by atoms with E-state index in [2.05, 4.69) is 10.3 Å². The number of oxazole rings is 1. The fourth-order valence-corrected chi connectivity index (χ4v) is 2.99. The average molecular weight is 379 g/mol. The molecule has 1 aliphatic heterocycles. The van der Waals surface area contributed by atoms with Crippen LogP contribution >= 0.6 is 0 Å². The molecular weight excluding hydrogens is 358 g/mol. The molecule has 0 spiro atoms. The van der Waals surface area contributed by atoms with E-state index in [4.69, 9.17) is 18.3 Å². The lowest BCUT2D eigenvalue weighted by Gasteiger charge is -2.09. The van der Waals surface area contributed by atoms with Crippen LogP contribution in [0.3, 0.4) is 0 Å². The van der Waals surface area contributed by atoms with Crippen molar-refractivity contribution in [2.24, 2.45) is 0 Å². The lowest BCUT2D eigenvalue weighted by molar-refractivity contribution is 0.120. The van der Waals surface area contributed by atoms with Gasteiger partial charge in [-0.3, -0.25) is 0 Å². The minimum absolute atomic E-state index is 0.134. The van der Waals surface area contributed by atoms with Gasteiger partial charge >= 0.3 is 0 Å². The van der Waals surface area contributed by atoms with Crippen molar-refractivity contribution in [2.75, 3.05) is 18.5 Å². The molecule has 3 aromatic rings. The number of hydrogen-bond acceptors (Lipinski definition) is 7. The highest BCUT2D eigenvalue weighted by Gasteiger charge is 2.20. The number of aromatic nitrogens is 1. The molecule has 1 fully saturated rings. The number of benzene rings is 1. The van der Waals surface area contributed by atoms with Gasteiger partial charge in [-0.05, 0) is 44.0 Å². The Morgan fingerprint density at radius 3 is 2.82 bits per heavy atom. The first kappa shape index (κ1) is 18.1. The molecule has 0 unspecified atom stereocenters. The number of aryl methyl sites for hydroxylation is 1. The van der Waals surface area contributed by atoms with Gasteiger partial charge in [-0.25, -0.2) is 0 Å². The van der Waals surface area contributed by atoms with E-state index in [0.29, 0.717) is 30.6 Å². The molecule has 0 amide bonds. The Labute approximate surface area is 162 Å². The highest BCUT2D eigenvalue weighted by molar-refractivity contribution is 5.54. The van der Waals surface area contributed by atoms with E-state index in [1.54, 1.807) is 12.1 Å². The topological polar surface area (TPSA) is 93.5 Å². The van der Waals surface area contributed by atoms with Crippen LogP contribution in [-0.2, 0) is 11.3 Å². The average Bonchev–Trinajstić information content (AvgIpc) is 3.45. The summed E-state index contributed by atoms with van der Waals surface area (Å²) < 4.78 is 22.8. The summed E-state index contributed by atoms with van der Waals surface area (Å²) in [6.07, 6.45) is 2.19. The van der Waals surface area contributed by atoms with Gasteiger partial charge in [-0.15, -0.1) is 0 Å². The molecular formula is C21H21N3O4. The molecule has 0 bridgehead atoms. The molecule has 1 N–H and O–H groups in total. The van der Waals surface area contributed by atoms with Gasteiger partial charge in [0.05, 0.1) is 6.10 Å². The van der Waals surface area contributed by atoms with Crippen molar-refractivity contribution in [1.82, 2.24) is 4.98 Å². The smallest absolute Gasteiger partial charge is 0.266 e. The fraction of sp³-hybridized carbons (Fsp3) is 0.333. The van der Waals surface area contributed by atoms with Gasteiger partial charge in [0, 0.05) is 13.2 Å². The summed E-state index contributed by atoms with van der Waals surface area (Å²) in [5.74, 6) is 2.45. The van der Waals surface area contributed by atoms with Gasteiger partial charge in [0.2, 0.25) is 11.6 Å². The normalized spacial score (nSPS) is 16.1. The molecule has 1 atom stereocenters. The molecule has 28 heavy (non-hydrogen) atoms. The molecule has 3 heterocycles. The summed E-state index contributed by atoms with van der Waals surface area (Å²) >= 11 is 0. The zero-order valence-electron chi connectivity index (χ0n) is 15.6. The Balaban J connectivity index is 1.41. The van der Waals surface area contributed by atoms with Gasteiger partial charge in [-0.2, -0.15) is 10.2 Å². The van der Waals surface area contributed by atoms with Crippen molar-refractivity contribution in [2.45, 2.75) is 32.5 Å². The molecule has 0 saturated carbocycles. The van der Waals surface area contributed by atoms with Crippen LogP contribution in [-0.4, -0.2) is 24.2 Å². The van der Waals surface area contributed by atoms with Crippen LogP contribution in [0, 0.1) is 18.3 Å². The number of ether oxygens (including phenoxy) is 2. The molecule has 144 valence electrons. The van der Waals surface area contributed by atoms with E-state index in [-0.39, 0.29) is 17.7 Å². The molecule has 1 aromatic carbocycles. The molecule has 1 aliphatic rings. The second-order valence-electron chi connectivity index (χ2n) is 6.69. The summed E-state index contributed by atoms with van der Waals surface area (Å²) in [5.41, 5.74) is 1.37. The van der Waals surface area contributed by atoms with E-state index < -0.39 is 0 Å². The Hall–Kier alpha value is -3.24. The van der Waals surface area contributed by atoms with Crippen LogP contribution in [0.2, 0.25) is 0 Å². The van der Waals surface area contributed by atoms with Crippen LogP contribution in [0.4, 0.5) is 5.88 Å². The number of nitrogens with one attached hydrogen (secondary N) is 1. The molecule has 2 aromatic heterocycles. The summed E-state index contributed by atoms with van der Waals surface area (Å²) in [6, 6.07) is 13.4. The largest absolute Gasteiger partial charge is 0.486 e. The predicted molar refractivity (Wildman–Crippen MR) is 102 cm³/mol. The summed E-state index contributed by atoms with van der Waals surface area (Å²) in [4.78, 5) is 4.22. The molecule has 0 radical (unpaired) electrons. The highest BCUT2D eigenvalue weighted by Crippen LogP contribution is 2.28. The Morgan fingerprint density at radius 1 is 1.21 bits per heavy atom. The number of anilines is 1. The first-order chi connectivity index (χ1) is 13.7. The number of hydrogen-bond donors (Lipinski definition) is 1. The van der Waals surface area contributed by atoms with E-state index >= 15 is 0 Å². The molecule has 7 heteroatoms. The highest BCUT2D eigenvalue weighted by atomic mass is 16.5. The minimum atomic E-state index is 0.134. The van der Waals surface area contributed by atoms with Crippen molar-refractivity contribution in [3.63, 3.8) is 0 Å². The van der Waals surface area contributed by atoms with Crippen molar-refractivity contribution < 1.29 is 18.3 Å². The monoisotopic (exact) mass is 379 g/mol. The number of nitriles is 1. The predicted octanol–water partition coefficient (Wildman–Crippen LogP) is 4.28. The third-order valence-corrected chi connectivity index (χ3v) is 4.52. The Kier molecular flexibility index (Phi) is 5.31. The number of nitrogens with zero attached hydrogens (tertiary/aromatic N) is 2. The van der Waals surface area contributed by atoms with Crippen LogP contribution in [0.5, 0.6) is 5.75 Å². The van der Waals surface area contributed by atoms with Crippen LogP contribution in [0.25, 0.3) is 11.7 Å². The standard InChI is InChI=1S/C21H21N3O4/c1-14-4-6-15(7-5-14)26-13-17-8-9-19(27-17)21-24-18(11-22)20(28-21)23-12-16-3-2-10-25-16/h4-9,16,23H,2-3,10,12-13H2,1H3/t16-/m0/s1. The molecule has 0 aliphatic carbocycles. The summed E-state index contributed by atoms with van der Waals surface area (Å²) in [5, 5.41) is 12.4. The van der Waals surface area contributed by atoms with Gasteiger partial charge in [0.25, 0.3) is 5.89 Å². The maximum absolute atomic E-state index is 9.31. The first-order valence-electron chi connectivity index (χ1n) is 9.26. The second-order valence-corrected chi connectivity index (χ2v) is 6.69. The van der Waals surface area contributed by atoms with Crippen LogP contribution in [0.15, 0.2) is 45.2 Å². The number of furan rings is 1. The number of rotatable bonds is 7. The zero-order chi connectivity index (χ0) is 19.3. The Bertz CT molecular complexity index is 962. The first-order valence-corrected chi connectivity index (χ1v) is 9.26. The summed E-state index contributed by atoms with van der Waals surface area (Å²) in [6.45, 7) is 3.67. The lowest BCUT2D eigenvalue weighted by Crippen LogP contribution is -2.18. The minimum Gasteiger partial charge on any atom is -0.486 e. The van der Waals surface area contributed by atoms with Crippen LogP contribution in [0.1, 0.15) is 29.9 Å². The maximum Gasteiger partial charge on any atom is 0.266 e. The van der Waals surface area contributed by atoms with E-state index in [1.165, 1.54) is 5.56 Å². The van der Waals surface area contributed by atoms with Crippen molar-refractivity contribution >= 4 is 5.88 Å². The Morgan fingerprint density at radius 2 is 2.07 bits per heavy atom. The van der Waals surface area contributed by atoms with E-state index in [0.717, 1.165) is 25.2 Å². The van der Waals surface area contributed by atoms with Crippen LogP contribution < -0.4 is 10.1 Å².